The van der Waals surface area contributed by atoms with Crippen molar-refractivity contribution in [2.45, 2.75) is 26.9 Å². The molecule has 112 valence electrons. The van der Waals surface area contributed by atoms with Crippen LogP contribution in [0.5, 0.6) is 0 Å². The van der Waals surface area contributed by atoms with E-state index < -0.39 is 0 Å². The highest BCUT2D eigenvalue weighted by Crippen LogP contribution is 2.20. The molecule has 7 heteroatoms. The molecule has 21 heavy (non-hydrogen) atoms. The number of anilines is 1. The molecular weight excluding hydrogens is 290 g/mol. The summed E-state index contributed by atoms with van der Waals surface area (Å²) in [6.07, 6.45) is 1.76. The molecule has 6 nitrogen and oxygen atoms in total. The van der Waals surface area contributed by atoms with Gasteiger partial charge in [0, 0.05) is 17.3 Å². The maximum absolute atomic E-state index is 12.0. The second-order valence-electron chi connectivity index (χ2n) is 4.70. The van der Waals surface area contributed by atoms with Gasteiger partial charge in [-0.15, -0.1) is 5.10 Å². The van der Waals surface area contributed by atoms with E-state index >= 15 is 0 Å². The summed E-state index contributed by atoms with van der Waals surface area (Å²) in [7, 11) is 0. The Bertz CT molecular complexity index is 626. The molecule has 0 aliphatic carbocycles. The molecule has 1 aromatic heterocycles. The van der Waals surface area contributed by atoms with Gasteiger partial charge in [-0.2, -0.15) is 0 Å². The first kappa shape index (κ1) is 15.5. The second kappa shape index (κ2) is 7.19. The highest BCUT2D eigenvalue weighted by atomic mass is 35.5. The van der Waals surface area contributed by atoms with E-state index in [9.17, 15) is 4.79 Å². The van der Waals surface area contributed by atoms with Crippen LogP contribution in [0, 0.1) is 6.92 Å². The zero-order chi connectivity index (χ0) is 15.2. The van der Waals surface area contributed by atoms with E-state index in [0.717, 1.165) is 17.8 Å². The summed E-state index contributed by atoms with van der Waals surface area (Å²) >= 11 is 5.93. The third-order valence-corrected chi connectivity index (χ3v) is 3.16. The van der Waals surface area contributed by atoms with Gasteiger partial charge in [-0.1, -0.05) is 29.8 Å². The van der Waals surface area contributed by atoms with Crippen molar-refractivity contribution in [2.24, 2.45) is 0 Å². The summed E-state index contributed by atoms with van der Waals surface area (Å²) in [5, 5.41) is 14.5. The van der Waals surface area contributed by atoms with Gasteiger partial charge in [0.15, 0.2) is 0 Å². The minimum absolute atomic E-state index is 0.116. The van der Waals surface area contributed by atoms with Crippen LogP contribution in [0.15, 0.2) is 24.4 Å². The Balaban J connectivity index is 1.95. The van der Waals surface area contributed by atoms with E-state index in [1.807, 2.05) is 19.9 Å². The van der Waals surface area contributed by atoms with E-state index in [2.05, 4.69) is 20.9 Å². The fraction of sp³-hybridized carbons (Fsp3) is 0.357. The molecule has 0 aliphatic heterocycles. The van der Waals surface area contributed by atoms with Crippen LogP contribution in [-0.4, -0.2) is 27.4 Å². The van der Waals surface area contributed by atoms with E-state index in [0.29, 0.717) is 17.3 Å². The van der Waals surface area contributed by atoms with E-state index in [1.54, 1.807) is 18.3 Å². The van der Waals surface area contributed by atoms with Crippen LogP contribution in [0.4, 0.5) is 5.69 Å². The molecule has 1 amide bonds. The van der Waals surface area contributed by atoms with Gasteiger partial charge < -0.3 is 10.6 Å². The molecule has 0 aliphatic rings. The van der Waals surface area contributed by atoms with Gasteiger partial charge in [-0.3, -0.25) is 4.79 Å². The van der Waals surface area contributed by atoms with E-state index in [-0.39, 0.29) is 12.5 Å². The SMILES string of the molecule is CCNCc1cn(CC(=O)Nc2cc(Cl)ccc2C)nn1. The lowest BCUT2D eigenvalue weighted by Crippen LogP contribution is -2.19. The first-order valence-corrected chi connectivity index (χ1v) is 7.12. The summed E-state index contributed by atoms with van der Waals surface area (Å²) in [6.45, 7) is 5.55. The predicted molar refractivity (Wildman–Crippen MR) is 82.2 cm³/mol. The summed E-state index contributed by atoms with van der Waals surface area (Å²) in [4.78, 5) is 12.0. The van der Waals surface area contributed by atoms with Crippen molar-refractivity contribution in [2.75, 3.05) is 11.9 Å². The van der Waals surface area contributed by atoms with Crippen LogP contribution < -0.4 is 10.6 Å². The summed E-state index contributed by atoms with van der Waals surface area (Å²) in [6, 6.07) is 5.38. The molecule has 0 saturated carbocycles. The molecule has 0 bridgehead atoms. The minimum atomic E-state index is -0.166. The van der Waals surface area contributed by atoms with Gasteiger partial charge in [0.2, 0.25) is 5.91 Å². The number of halogens is 1. The maximum Gasteiger partial charge on any atom is 0.246 e. The topological polar surface area (TPSA) is 71.8 Å². The molecular formula is C14H18ClN5O. The highest BCUT2D eigenvalue weighted by molar-refractivity contribution is 6.31. The lowest BCUT2D eigenvalue weighted by Gasteiger charge is -2.08. The summed E-state index contributed by atoms with van der Waals surface area (Å²) < 4.78 is 1.52. The van der Waals surface area contributed by atoms with Crippen LogP contribution in [0.1, 0.15) is 18.2 Å². The number of nitrogens with one attached hydrogen (secondary N) is 2. The smallest absolute Gasteiger partial charge is 0.246 e. The highest BCUT2D eigenvalue weighted by Gasteiger charge is 2.08. The lowest BCUT2D eigenvalue weighted by molar-refractivity contribution is -0.116. The van der Waals surface area contributed by atoms with Crippen LogP contribution in [0.2, 0.25) is 5.02 Å². The van der Waals surface area contributed by atoms with Crippen molar-refractivity contribution < 1.29 is 4.79 Å². The number of nitrogens with zero attached hydrogens (tertiary/aromatic N) is 3. The molecule has 1 heterocycles. The number of aryl methyl sites for hydroxylation is 1. The standard InChI is InChI=1S/C14H18ClN5O/c1-3-16-7-12-8-20(19-18-12)9-14(21)17-13-6-11(15)5-4-10(13)2/h4-6,8,16H,3,7,9H2,1-2H3,(H,17,21). The minimum Gasteiger partial charge on any atom is -0.324 e. The van der Waals surface area contributed by atoms with Gasteiger partial charge >= 0.3 is 0 Å². The number of benzene rings is 1. The number of rotatable bonds is 6. The second-order valence-corrected chi connectivity index (χ2v) is 5.13. The van der Waals surface area contributed by atoms with Crippen LogP contribution in [-0.2, 0) is 17.9 Å². The van der Waals surface area contributed by atoms with E-state index in [1.165, 1.54) is 4.68 Å². The summed E-state index contributed by atoms with van der Waals surface area (Å²) in [5.74, 6) is -0.166. The Morgan fingerprint density at radius 2 is 2.24 bits per heavy atom. The van der Waals surface area contributed by atoms with Crippen molar-refractivity contribution >= 4 is 23.2 Å². The van der Waals surface area contributed by atoms with Crippen molar-refractivity contribution in [1.29, 1.82) is 0 Å². The number of carbonyl (C=O) groups excluding carboxylic acids is 1. The Labute approximate surface area is 128 Å². The average Bonchev–Trinajstić information content (AvgIpc) is 2.88. The zero-order valence-electron chi connectivity index (χ0n) is 12.1. The lowest BCUT2D eigenvalue weighted by atomic mass is 10.2. The molecule has 0 fully saturated rings. The third kappa shape index (κ3) is 4.54. The average molecular weight is 308 g/mol. The van der Waals surface area contributed by atoms with E-state index in [4.69, 9.17) is 11.6 Å². The maximum atomic E-state index is 12.0. The monoisotopic (exact) mass is 307 g/mol. The fourth-order valence-electron chi connectivity index (χ4n) is 1.82. The quantitative estimate of drug-likeness (QED) is 0.856. The Morgan fingerprint density at radius 3 is 3.00 bits per heavy atom. The van der Waals surface area contributed by atoms with Crippen LogP contribution >= 0.6 is 11.6 Å². The number of amides is 1. The molecule has 0 spiro atoms. The molecule has 0 saturated heterocycles. The van der Waals surface area contributed by atoms with Crippen LogP contribution in [0.25, 0.3) is 0 Å². The van der Waals surface area contributed by atoms with Crippen molar-refractivity contribution in [3.05, 3.63) is 40.7 Å². The fourth-order valence-corrected chi connectivity index (χ4v) is 1.99. The molecule has 0 atom stereocenters. The number of hydrogen-bond acceptors (Lipinski definition) is 4. The molecule has 1 aromatic carbocycles. The molecule has 2 N–H and O–H groups in total. The van der Waals surface area contributed by atoms with Gasteiger partial charge in [-0.25, -0.2) is 4.68 Å². The predicted octanol–water partition coefficient (Wildman–Crippen LogP) is 1.99. The summed E-state index contributed by atoms with van der Waals surface area (Å²) in [5.41, 5.74) is 2.48. The number of hydrogen-bond donors (Lipinski definition) is 2. The number of aromatic nitrogens is 3. The van der Waals surface area contributed by atoms with Crippen molar-refractivity contribution in [3.8, 4) is 0 Å². The first-order chi connectivity index (χ1) is 10.1. The van der Waals surface area contributed by atoms with Gasteiger partial charge in [0.1, 0.15) is 6.54 Å². The molecule has 2 rings (SSSR count). The van der Waals surface area contributed by atoms with Gasteiger partial charge in [0.25, 0.3) is 0 Å². The van der Waals surface area contributed by atoms with Crippen molar-refractivity contribution in [3.63, 3.8) is 0 Å². The Morgan fingerprint density at radius 1 is 1.43 bits per heavy atom. The molecule has 0 unspecified atom stereocenters. The van der Waals surface area contributed by atoms with Crippen molar-refractivity contribution in [1.82, 2.24) is 20.3 Å². The largest absolute Gasteiger partial charge is 0.324 e. The van der Waals surface area contributed by atoms with Gasteiger partial charge in [-0.05, 0) is 31.2 Å². The molecule has 0 radical (unpaired) electrons. The zero-order valence-corrected chi connectivity index (χ0v) is 12.8. The molecule has 2 aromatic rings. The first-order valence-electron chi connectivity index (χ1n) is 6.74. The van der Waals surface area contributed by atoms with Gasteiger partial charge in [0.05, 0.1) is 11.9 Å². The Kier molecular flexibility index (Phi) is 5.30. The Hall–Kier alpha value is -1.92. The number of carbonyl (C=O) groups is 1. The third-order valence-electron chi connectivity index (χ3n) is 2.92. The normalized spacial score (nSPS) is 10.6. The van der Waals surface area contributed by atoms with Crippen LogP contribution in [0.3, 0.4) is 0 Å².